The Morgan fingerprint density at radius 2 is 2.04 bits per heavy atom. The second kappa shape index (κ2) is 8.22. The van der Waals surface area contributed by atoms with Crippen molar-refractivity contribution in [3.05, 3.63) is 51.9 Å². The van der Waals surface area contributed by atoms with Crippen LogP contribution in [0.15, 0.2) is 35.1 Å². The Hall–Kier alpha value is -2.97. The number of carbonyl (C=O) groups is 1. The molecule has 0 atom stereocenters. The minimum absolute atomic E-state index is 0.0723. The van der Waals surface area contributed by atoms with E-state index in [1.54, 1.807) is 20.0 Å². The largest absolute Gasteiger partial charge is 0.490 e. The van der Waals surface area contributed by atoms with Crippen molar-refractivity contribution in [2.45, 2.75) is 20.1 Å². The van der Waals surface area contributed by atoms with Crippen molar-refractivity contribution in [1.29, 1.82) is 0 Å². The van der Waals surface area contributed by atoms with Crippen molar-refractivity contribution >= 4 is 5.91 Å². The van der Waals surface area contributed by atoms with E-state index < -0.39 is 18.1 Å². The van der Waals surface area contributed by atoms with E-state index in [0.29, 0.717) is 5.56 Å². The Kier molecular flexibility index (Phi) is 6.04. The van der Waals surface area contributed by atoms with Crippen LogP contribution >= 0.6 is 0 Å². The van der Waals surface area contributed by atoms with E-state index in [1.807, 2.05) is 0 Å². The van der Waals surface area contributed by atoms with Crippen LogP contribution in [0.25, 0.3) is 0 Å². The zero-order chi connectivity index (χ0) is 18.4. The summed E-state index contributed by atoms with van der Waals surface area (Å²) in [5.41, 5.74) is 0.338. The van der Waals surface area contributed by atoms with Crippen LogP contribution in [0.3, 0.4) is 0 Å². The number of ether oxygens (including phenoxy) is 2. The molecule has 0 fully saturated rings. The van der Waals surface area contributed by atoms with Gasteiger partial charge in [0.1, 0.15) is 5.69 Å². The third kappa shape index (κ3) is 5.00. The SMILES string of the molecule is CCOc1cc(CN(C)C(=O)c2ccc(=O)[nH]n2)ccc1OC(F)F. The number of benzene rings is 1. The average Bonchev–Trinajstić information content (AvgIpc) is 2.57. The quantitative estimate of drug-likeness (QED) is 0.823. The zero-order valence-electron chi connectivity index (χ0n) is 13.7. The van der Waals surface area contributed by atoms with E-state index in [0.717, 1.165) is 0 Å². The van der Waals surface area contributed by atoms with Crippen molar-refractivity contribution < 1.29 is 23.0 Å². The van der Waals surface area contributed by atoms with Gasteiger partial charge in [-0.1, -0.05) is 6.07 Å². The smallest absolute Gasteiger partial charge is 0.387 e. The standard InChI is InChI=1S/C16H17F2N3O4/c1-3-24-13-8-10(4-6-12(13)25-16(17)18)9-21(2)15(23)11-5-7-14(22)20-19-11/h4-8,16H,3,9H2,1-2H3,(H,20,22). The Bertz CT molecular complexity index is 775. The van der Waals surface area contributed by atoms with Crippen molar-refractivity contribution in [2.24, 2.45) is 0 Å². The normalized spacial score (nSPS) is 10.6. The zero-order valence-corrected chi connectivity index (χ0v) is 13.7. The van der Waals surface area contributed by atoms with Crippen LogP contribution in [0.5, 0.6) is 11.5 Å². The van der Waals surface area contributed by atoms with Crippen LogP contribution in [-0.2, 0) is 6.54 Å². The number of aromatic amines is 1. The molecule has 0 saturated carbocycles. The Balaban J connectivity index is 2.15. The highest BCUT2D eigenvalue weighted by atomic mass is 19.3. The molecule has 7 nitrogen and oxygen atoms in total. The monoisotopic (exact) mass is 353 g/mol. The summed E-state index contributed by atoms with van der Waals surface area (Å²) in [5, 5.41) is 5.87. The van der Waals surface area contributed by atoms with Gasteiger partial charge in [-0.15, -0.1) is 0 Å². The number of carbonyl (C=O) groups excluding carboxylic acids is 1. The maximum atomic E-state index is 12.4. The minimum atomic E-state index is -2.96. The summed E-state index contributed by atoms with van der Waals surface area (Å²) < 4.78 is 34.5. The molecule has 2 rings (SSSR count). The minimum Gasteiger partial charge on any atom is -0.490 e. The molecular formula is C16H17F2N3O4. The molecule has 1 heterocycles. The number of halogens is 2. The van der Waals surface area contributed by atoms with Crippen molar-refractivity contribution in [2.75, 3.05) is 13.7 Å². The molecule has 0 saturated heterocycles. The van der Waals surface area contributed by atoms with Crippen molar-refractivity contribution in [1.82, 2.24) is 15.1 Å². The Labute approximate surface area is 142 Å². The summed E-state index contributed by atoms with van der Waals surface area (Å²) >= 11 is 0. The molecule has 1 aromatic heterocycles. The number of nitrogens with one attached hydrogen (secondary N) is 1. The summed E-state index contributed by atoms with van der Waals surface area (Å²) in [5.74, 6) is -0.303. The molecule has 0 aliphatic rings. The van der Waals surface area contributed by atoms with Gasteiger partial charge in [0.2, 0.25) is 0 Å². The molecule has 0 spiro atoms. The number of amides is 1. The lowest BCUT2D eigenvalue weighted by molar-refractivity contribution is -0.0514. The first-order chi connectivity index (χ1) is 11.9. The fourth-order valence-electron chi connectivity index (χ4n) is 2.12. The van der Waals surface area contributed by atoms with Crippen LogP contribution in [0.1, 0.15) is 23.0 Å². The van der Waals surface area contributed by atoms with Gasteiger partial charge >= 0.3 is 6.61 Å². The van der Waals surface area contributed by atoms with Crippen LogP contribution in [-0.4, -0.2) is 41.3 Å². The summed E-state index contributed by atoms with van der Waals surface area (Å²) in [6.07, 6.45) is 0. The van der Waals surface area contributed by atoms with Crippen molar-refractivity contribution in [3.8, 4) is 11.5 Å². The number of nitrogens with zero attached hydrogens (tertiary/aromatic N) is 2. The number of H-pyrrole nitrogens is 1. The van der Waals surface area contributed by atoms with E-state index in [1.165, 1.54) is 29.2 Å². The van der Waals surface area contributed by atoms with Gasteiger partial charge in [-0.25, -0.2) is 5.10 Å². The lowest BCUT2D eigenvalue weighted by Crippen LogP contribution is -2.28. The van der Waals surface area contributed by atoms with Gasteiger partial charge in [0, 0.05) is 19.7 Å². The van der Waals surface area contributed by atoms with E-state index in [4.69, 9.17) is 4.74 Å². The molecule has 134 valence electrons. The number of rotatable bonds is 7. The van der Waals surface area contributed by atoms with Crippen LogP contribution in [0.2, 0.25) is 0 Å². The molecule has 0 bridgehead atoms. The second-order valence-corrected chi connectivity index (χ2v) is 5.06. The highest BCUT2D eigenvalue weighted by Crippen LogP contribution is 2.30. The molecule has 0 aliphatic heterocycles. The summed E-state index contributed by atoms with van der Waals surface area (Å²) in [7, 11) is 1.55. The predicted octanol–water partition coefficient (Wildman–Crippen LogP) is 2.04. The fourth-order valence-corrected chi connectivity index (χ4v) is 2.12. The van der Waals surface area contributed by atoms with Gasteiger partial charge in [-0.2, -0.15) is 13.9 Å². The molecule has 25 heavy (non-hydrogen) atoms. The lowest BCUT2D eigenvalue weighted by Gasteiger charge is -2.18. The lowest BCUT2D eigenvalue weighted by atomic mass is 10.2. The van der Waals surface area contributed by atoms with E-state index in [2.05, 4.69) is 14.9 Å². The van der Waals surface area contributed by atoms with E-state index in [-0.39, 0.29) is 30.3 Å². The Morgan fingerprint density at radius 3 is 2.64 bits per heavy atom. The first-order valence-electron chi connectivity index (χ1n) is 7.42. The first-order valence-corrected chi connectivity index (χ1v) is 7.42. The van der Waals surface area contributed by atoms with Gasteiger partial charge in [0.25, 0.3) is 11.5 Å². The molecule has 0 radical (unpaired) electrons. The van der Waals surface area contributed by atoms with Gasteiger partial charge in [-0.3, -0.25) is 9.59 Å². The molecule has 2 aromatic rings. The topological polar surface area (TPSA) is 84.5 Å². The van der Waals surface area contributed by atoms with Crippen LogP contribution in [0.4, 0.5) is 8.78 Å². The molecule has 1 N–H and O–H groups in total. The Morgan fingerprint density at radius 1 is 1.28 bits per heavy atom. The molecule has 9 heteroatoms. The van der Waals surface area contributed by atoms with Gasteiger partial charge < -0.3 is 14.4 Å². The number of aromatic nitrogens is 2. The van der Waals surface area contributed by atoms with Crippen LogP contribution < -0.4 is 15.0 Å². The molecule has 0 unspecified atom stereocenters. The number of hydrogen-bond donors (Lipinski definition) is 1. The third-order valence-corrected chi connectivity index (χ3v) is 3.19. The molecule has 1 amide bonds. The second-order valence-electron chi connectivity index (χ2n) is 5.06. The highest BCUT2D eigenvalue weighted by Gasteiger charge is 2.16. The summed E-state index contributed by atoms with van der Waals surface area (Å²) in [4.78, 5) is 24.6. The predicted molar refractivity (Wildman–Crippen MR) is 84.9 cm³/mol. The summed E-state index contributed by atoms with van der Waals surface area (Å²) in [6, 6.07) is 6.99. The fraction of sp³-hybridized carbons (Fsp3) is 0.312. The van der Waals surface area contributed by atoms with Crippen molar-refractivity contribution in [3.63, 3.8) is 0 Å². The third-order valence-electron chi connectivity index (χ3n) is 3.19. The average molecular weight is 353 g/mol. The first kappa shape index (κ1) is 18.4. The molecule has 1 aromatic carbocycles. The number of alkyl halides is 2. The number of hydrogen-bond acceptors (Lipinski definition) is 5. The maximum Gasteiger partial charge on any atom is 0.387 e. The van der Waals surface area contributed by atoms with Gasteiger partial charge in [0.15, 0.2) is 11.5 Å². The maximum absolute atomic E-state index is 12.4. The van der Waals surface area contributed by atoms with E-state index in [9.17, 15) is 18.4 Å². The van der Waals surface area contributed by atoms with Gasteiger partial charge in [0.05, 0.1) is 6.61 Å². The van der Waals surface area contributed by atoms with E-state index >= 15 is 0 Å². The van der Waals surface area contributed by atoms with Gasteiger partial charge in [-0.05, 0) is 30.7 Å². The molecular weight excluding hydrogens is 336 g/mol. The van der Waals surface area contributed by atoms with Crippen LogP contribution in [0, 0.1) is 0 Å². The summed E-state index contributed by atoms with van der Waals surface area (Å²) in [6.45, 7) is -0.773. The molecule has 0 aliphatic carbocycles. The highest BCUT2D eigenvalue weighted by molar-refractivity contribution is 5.91.